The topological polar surface area (TPSA) is 38.3 Å². The number of nitrogens with one attached hydrogen (secondary N) is 1. The molecule has 0 aromatic carbocycles. The Hall–Kier alpha value is -1.17. The number of hydrogen-bond acceptors (Lipinski definition) is 2. The van der Waals surface area contributed by atoms with E-state index in [-0.39, 0.29) is 17.0 Å². The van der Waals surface area contributed by atoms with Crippen LogP contribution in [0.2, 0.25) is 0 Å². The summed E-state index contributed by atoms with van der Waals surface area (Å²) in [4.78, 5) is 12.0. The molecule has 0 radical (unpaired) electrons. The summed E-state index contributed by atoms with van der Waals surface area (Å²) in [6.45, 7) is 5.63. The summed E-state index contributed by atoms with van der Waals surface area (Å²) in [7, 11) is 0. The van der Waals surface area contributed by atoms with Gasteiger partial charge in [0.25, 0.3) is 0 Å². The van der Waals surface area contributed by atoms with Crippen LogP contribution in [0.15, 0.2) is 0 Å². The molecule has 0 aromatic rings. The summed E-state index contributed by atoms with van der Waals surface area (Å²) >= 11 is 0. The van der Waals surface area contributed by atoms with E-state index in [1.807, 2.05) is 20.8 Å². The first kappa shape index (κ1) is 13.3. The summed E-state index contributed by atoms with van der Waals surface area (Å²) in [6, 6.07) is 0. The van der Waals surface area contributed by atoms with Crippen molar-refractivity contribution in [2.75, 3.05) is 0 Å². The second-order valence-electron chi connectivity index (χ2n) is 6.64. The van der Waals surface area contributed by atoms with Gasteiger partial charge in [0, 0.05) is 0 Å². The van der Waals surface area contributed by atoms with Crippen LogP contribution in [0, 0.1) is 17.8 Å². The predicted octanol–water partition coefficient (Wildman–Crippen LogP) is 3.24. The third kappa shape index (κ3) is 2.34. The van der Waals surface area contributed by atoms with Crippen molar-refractivity contribution in [3.05, 3.63) is 0 Å². The Morgan fingerprint density at radius 3 is 2.17 bits per heavy atom. The molecule has 100 valence electrons. The van der Waals surface area contributed by atoms with Gasteiger partial charge in [-0.15, -0.1) is 6.42 Å². The number of rotatable bonds is 2. The molecule has 0 aromatic heterocycles. The first-order chi connectivity index (χ1) is 8.33. The molecule has 0 saturated heterocycles. The van der Waals surface area contributed by atoms with Gasteiger partial charge in [-0.1, -0.05) is 18.8 Å². The monoisotopic (exact) mass is 249 g/mol. The van der Waals surface area contributed by atoms with Crippen LogP contribution in [0.25, 0.3) is 0 Å². The zero-order valence-corrected chi connectivity index (χ0v) is 11.6. The molecule has 2 rings (SSSR count). The Labute approximate surface area is 110 Å². The third-order valence-electron chi connectivity index (χ3n) is 4.14. The molecule has 0 heterocycles. The van der Waals surface area contributed by atoms with E-state index in [1.165, 1.54) is 0 Å². The summed E-state index contributed by atoms with van der Waals surface area (Å²) in [5.41, 5.74) is -0.790. The van der Waals surface area contributed by atoms with Crippen molar-refractivity contribution in [2.45, 2.75) is 70.4 Å². The van der Waals surface area contributed by atoms with Gasteiger partial charge >= 0.3 is 6.09 Å². The van der Waals surface area contributed by atoms with Gasteiger partial charge in [0.15, 0.2) is 0 Å². The molecule has 1 amide bonds. The van der Waals surface area contributed by atoms with Crippen LogP contribution in [-0.2, 0) is 4.74 Å². The normalized spacial score (nSPS) is 24.1. The minimum Gasteiger partial charge on any atom is -0.444 e. The van der Waals surface area contributed by atoms with E-state index < -0.39 is 5.60 Å². The molecule has 18 heavy (non-hydrogen) atoms. The van der Waals surface area contributed by atoms with Crippen LogP contribution >= 0.6 is 0 Å². The van der Waals surface area contributed by atoms with Crippen LogP contribution in [0.5, 0.6) is 0 Å². The molecular weight excluding hydrogens is 226 g/mol. The van der Waals surface area contributed by atoms with E-state index in [9.17, 15) is 4.79 Å². The van der Waals surface area contributed by atoms with Crippen LogP contribution in [0.4, 0.5) is 4.79 Å². The fourth-order valence-electron chi connectivity index (χ4n) is 3.09. The first-order valence-corrected chi connectivity index (χ1v) is 6.82. The number of alkyl carbamates (subject to hydrolysis) is 1. The molecule has 0 unspecified atom stereocenters. The Morgan fingerprint density at radius 1 is 1.22 bits per heavy atom. The smallest absolute Gasteiger partial charge is 0.408 e. The average molecular weight is 249 g/mol. The number of terminal acetylenes is 1. The molecule has 2 aliphatic rings. The molecule has 2 fully saturated rings. The SMILES string of the molecule is C#CC1(C2(NC(=O)OC(C)(C)C)CCCC2)CC1. The van der Waals surface area contributed by atoms with E-state index in [2.05, 4.69) is 11.2 Å². The maximum atomic E-state index is 12.0. The lowest BCUT2D eigenvalue weighted by Crippen LogP contribution is -2.54. The fourth-order valence-corrected chi connectivity index (χ4v) is 3.09. The van der Waals surface area contributed by atoms with Crippen LogP contribution in [0.3, 0.4) is 0 Å². The van der Waals surface area contributed by atoms with Gasteiger partial charge in [0.05, 0.1) is 11.0 Å². The van der Waals surface area contributed by atoms with Gasteiger partial charge in [0.1, 0.15) is 5.60 Å². The lowest BCUT2D eigenvalue weighted by molar-refractivity contribution is 0.0419. The van der Waals surface area contributed by atoms with Crippen LogP contribution < -0.4 is 5.32 Å². The molecule has 2 saturated carbocycles. The highest BCUT2D eigenvalue weighted by Gasteiger charge is 2.60. The summed E-state index contributed by atoms with van der Waals surface area (Å²) in [5, 5.41) is 3.10. The largest absolute Gasteiger partial charge is 0.444 e. The van der Waals surface area contributed by atoms with Crippen molar-refractivity contribution < 1.29 is 9.53 Å². The molecule has 2 aliphatic carbocycles. The van der Waals surface area contributed by atoms with Crippen molar-refractivity contribution in [1.29, 1.82) is 0 Å². The van der Waals surface area contributed by atoms with Gasteiger partial charge in [0.2, 0.25) is 0 Å². The Balaban J connectivity index is 2.09. The minimum atomic E-state index is -0.462. The summed E-state index contributed by atoms with van der Waals surface area (Å²) in [6.07, 6.45) is 11.7. The van der Waals surface area contributed by atoms with Crippen LogP contribution in [-0.4, -0.2) is 17.2 Å². The summed E-state index contributed by atoms with van der Waals surface area (Å²) < 4.78 is 5.37. The highest BCUT2D eigenvalue weighted by atomic mass is 16.6. The number of hydrogen-bond donors (Lipinski definition) is 1. The van der Waals surface area contributed by atoms with Crippen LogP contribution in [0.1, 0.15) is 59.3 Å². The highest BCUT2D eigenvalue weighted by Crippen LogP contribution is 2.59. The molecular formula is C15H23NO2. The molecule has 0 spiro atoms. The van der Waals surface area contributed by atoms with Gasteiger partial charge in [-0.05, 0) is 46.5 Å². The van der Waals surface area contributed by atoms with Gasteiger partial charge in [-0.25, -0.2) is 4.79 Å². The molecule has 0 aliphatic heterocycles. The third-order valence-corrected chi connectivity index (χ3v) is 4.14. The number of carbonyl (C=O) groups excluding carboxylic acids is 1. The van der Waals surface area contributed by atoms with Crippen molar-refractivity contribution in [2.24, 2.45) is 5.41 Å². The van der Waals surface area contributed by atoms with Crippen molar-refractivity contribution in [3.8, 4) is 12.3 Å². The molecule has 3 nitrogen and oxygen atoms in total. The highest BCUT2D eigenvalue weighted by molar-refractivity contribution is 5.69. The van der Waals surface area contributed by atoms with E-state index in [1.54, 1.807) is 0 Å². The molecule has 3 heteroatoms. The second-order valence-corrected chi connectivity index (χ2v) is 6.64. The minimum absolute atomic E-state index is 0.111. The zero-order chi connectivity index (χ0) is 13.4. The second kappa shape index (κ2) is 4.19. The van der Waals surface area contributed by atoms with E-state index in [0.29, 0.717) is 0 Å². The van der Waals surface area contributed by atoms with E-state index in [4.69, 9.17) is 11.2 Å². The maximum Gasteiger partial charge on any atom is 0.408 e. The number of ether oxygens (including phenoxy) is 1. The molecule has 0 atom stereocenters. The lowest BCUT2D eigenvalue weighted by atomic mass is 9.79. The fraction of sp³-hybridized carbons (Fsp3) is 0.800. The van der Waals surface area contributed by atoms with Gasteiger partial charge < -0.3 is 10.1 Å². The van der Waals surface area contributed by atoms with Crippen molar-refractivity contribution >= 4 is 6.09 Å². The van der Waals surface area contributed by atoms with Gasteiger partial charge in [-0.2, -0.15) is 0 Å². The summed E-state index contributed by atoms with van der Waals surface area (Å²) in [5.74, 6) is 2.93. The Kier molecular flexibility index (Phi) is 3.09. The van der Waals surface area contributed by atoms with E-state index >= 15 is 0 Å². The van der Waals surface area contributed by atoms with E-state index in [0.717, 1.165) is 38.5 Å². The van der Waals surface area contributed by atoms with Gasteiger partial charge in [-0.3, -0.25) is 0 Å². The number of carbonyl (C=O) groups is 1. The van der Waals surface area contributed by atoms with Crippen molar-refractivity contribution in [1.82, 2.24) is 5.32 Å². The first-order valence-electron chi connectivity index (χ1n) is 6.82. The zero-order valence-electron chi connectivity index (χ0n) is 11.6. The molecule has 1 N–H and O–H groups in total. The Morgan fingerprint density at radius 2 is 1.78 bits per heavy atom. The average Bonchev–Trinajstić information content (AvgIpc) is 2.92. The quantitative estimate of drug-likeness (QED) is 0.763. The lowest BCUT2D eigenvalue weighted by Gasteiger charge is -2.36. The number of amides is 1. The predicted molar refractivity (Wildman–Crippen MR) is 71.1 cm³/mol. The Bertz CT molecular complexity index is 376. The standard InChI is InChI=1S/C15H23NO2/c1-5-14(10-11-14)15(8-6-7-9-15)16-12(17)18-13(2,3)4/h1H,6-11H2,2-4H3,(H,16,17). The maximum absolute atomic E-state index is 12.0. The van der Waals surface area contributed by atoms with Crippen molar-refractivity contribution in [3.63, 3.8) is 0 Å². The molecule has 0 bridgehead atoms.